The van der Waals surface area contributed by atoms with E-state index < -0.39 is 9.84 Å². The van der Waals surface area contributed by atoms with E-state index in [1.807, 2.05) is 30.5 Å². The van der Waals surface area contributed by atoms with Crippen LogP contribution in [0.4, 0.5) is 10.5 Å². The second-order valence-corrected chi connectivity index (χ2v) is 9.96. The van der Waals surface area contributed by atoms with Crippen LogP contribution in [0.15, 0.2) is 96.2 Å². The molecule has 0 spiro atoms. The van der Waals surface area contributed by atoms with Gasteiger partial charge in [-0.05, 0) is 47.5 Å². The normalized spacial score (nSPS) is 11.1. The molecule has 0 atom stereocenters. The first-order valence-corrected chi connectivity index (χ1v) is 12.6. The van der Waals surface area contributed by atoms with Crippen molar-refractivity contribution in [3.8, 4) is 5.75 Å². The Hall–Kier alpha value is -4.11. The summed E-state index contributed by atoms with van der Waals surface area (Å²) in [7, 11) is -1.79. The third kappa shape index (κ3) is 6.70. The molecule has 0 aliphatic rings. The van der Waals surface area contributed by atoms with Crippen molar-refractivity contribution < 1.29 is 17.9 Å². The minimum Gasteiger partial charge on any atom is -0.497 e. The molecule has 0 bridgehead atoms. The lowest BCUT2D eigenvalue weighted by atomic mass is 10.2. The van der Waals surface area contributed by atoms with Crippen LogP contribution < -0.4 is 15.4 Å². The Morgan fingerprint density at radius 1 is 0.914 bits per heavy atom. The summed E-state index contributed by atoms with van der Waals surface area (Å²) in [6.07, 6.45) is 3.60. The second-order valence-electron chi connectivity index (χ2n) is 7.97. The molecule has 9 heteroatoms. The SMILES string of the molecule is COc1ccc(Cn2cc(CNC(=O)Nc3ccc(CS(=O)(=O)c4ccccc4)cc3)cn2)cc1. The van der Waals surface area contributed by atoms with Gasteiger partial charge in [-0.3, -0.25) is 4.68 Å². The number of methoxy groups -OCH3 is 1. The third-order valence-electron chi connectivity index (χ3n) is 5.31. The first-order valence-electron chi connectivity index (χ1n) is 11.0. The fourth-order valence-corrected chi connectivity index (χ4v) is 4.84. The van der Waals surface area contributed by atoms with Crippen molar-refractivity contribution in [2.45, 2.75) is 23.7 Å². The van der Waals surface area contributed by atoms with Crippen molar-refractivity contribution in [2.24, 2.45) is 0 Å². The number of anilines is 1. The molecule has 8 nitrogen and oxygen atoms in total. The minimum absolute atomic E-state index is 0.107. The number of aromatic nitrogens is 2. The maximum atomic E-state index is 12.5. The zero-order valence-electron chi connectivity index (χ0n) is 19.2. The summed E-state index contributed by atoms with van der Waals surface area (Å²) in [4.78, 5) is 12.6. The Bertz CT molecular complexity index is 1370. The molecule has 0 saturated carbocycles. The highest BCUT2D eigenvalue weighted by molar-refractivity contribution is 7.90. The molecule has 0 aliphatic carbocycles. The van der Waals surface area contributed by atoms with Crippen LogP contribution in [0.3, 0.4) is 0 Å². The molecule has 2 amide bonds. The number of sulfone groups is 1. The Balaban J connectivity index is 1.26. The Kier molecular flexibility index (Phi) is 7.47. The van der Waals surface area contributed by atoms with E-state index in [4.69, 9.17) is 4.74 Å². The van der Waals surface area contributed by atoms with E-state index in [1.54, 1.807) is 72.6 Å². The van der Waals surface area contributed by atoms with E-state index in [-0.39, 0.29) is 16.7 Å². The highest BCUT2D eigenvalue weighted by Crippen LogP contribution is 2.18. The van der Waals surface area contributed by atoms with Crippen molar-refractivity contribution >= 4 is 21.6 Å². The van der Waals surface area contributed by atoms with Crippen molar-refractivity contribution in [1.82, 2.24) is 15.1 Å². The molecule has 180 valence electrons. The average molecular weight is 491 g/mol. The number of amides is 2. The van der Waals surface area contributed by atoms with Crippen molar-refractivity contribution in [2.75, 3.05) is 12.4 Å². The molecule has 2 N–H and O–H groups in total. The van der Waals surface area contributed by atoms with Gasteiger partial charge in [0.25, 0.3) is 0 Å². The summed E-state index contributed by atoms with van der Waals surface area (Å²) in [5.41, 5.74) is 3.17. The van der Waals surface area contributed by atoms with Crippen LogP contribution in [0.1, 0.15) is 16.7 Å². The molecule has 3 aromatic carbocycles. The Morgan fingerprint density at radius 2 is 1.60 bits per heavy atom. The lowest BCUT2D eigenvalue weighted by Gasteiger charge is -2.08. The molecular weight excluding hydrogens is 464 g/mol. The van der Waals surface area contributed by atoms with Gasteiger partial charge in [0.15, 0.2) is 9.84 Å². The molecule has 1 heterocycles. The summed E-state index contributed by atoms with van der Waals surface area (Å²) >= 11 is 0. The van der Waals surface area contributed by atoms with Gasteiger partial charge in [0.1, 0.15) is 5.75 Å². The monoisotopic (exact) mass is 490 g/mol. The van der Waals surface area contributed by atoms with E-state index in [0.717, 1.165) is 16.9 Å². The van der Waals surface area contributed by atoms with Gasteiger partial charge in [0, 0.05) is 24.0 Å². The first kappa shape index (κ1) is 24.0. The van der Waals surface area contributed by atoms with Crippen molar-refractivity contribution in [3.05, 3.63) is 108 Å². The third-order valence-corrected chi connectivity index (χ3v) is 7.02. The van der Waals surface area contributed by atoms with Gasteiger partial charge in [0.05, 0.1) is 30.5 Å². The topological polar surface area (TPSA) is 102 Å². The Labute approximate surface area is 204 Å². The molecule has 35 heavy (non-hydrogen) atoms. The molecule has 0 radical (unpaired) electrons. The molecule has 4 rings (SSSR count). The number of hydrogen-bond donors (Lipinski definition) is 2. The highest BCUT2D eigenvalue weighted by atomic mass is 32.2. The number of hydrogen-bond acceptors (Lipinski definition) is 5. The van der Waals surface area contributed by atoms with Gasteiger partial charge < -0.3 is 15.4 Å². The van der Waals surface area contributed by atoms with E-state index in [0.29, 0.717) is 24.3 Å². The van der Waals surface area contributed by atoms with Crippen molar-refractivity contribution in [1.29, 1.82) is 0 Å². The number of carbonyl (C=O) groups excluding carboxylic acids is 1. The van der Waals surface area contributed by atoms with Gasteiger partial charge in [-0.15, -0.1) is 0 Å². The number of nitrogens with one attached hydrogen (secondary N) is 2. The fraction of sp³-hybridized carbons (Fsp3) is 0.154. The molecule has 0 fully saturated rings. The van der Waals surface area contributed by atoms with Crippen LogP contribution in [0, 0.1) is 0 Å². The predicted molar refractivity (Wildman–Crippen MR) is 134 cm³/mol. The summed E-state index contributed by atoms with van der Waals surface area (Å²) in [5, 5.41) is 9.89. The van der Waals surface area contributed by atoms with Crippen LogP contribution in [0.25, 0.3) is 0 Å². The fourth-order valence-electron chi connectivity index (χ4n) is 3.47. The number of nitrogens with zero attached hydrogens (tertiary/aromatic N) is 2. The molecular formula is C26H26N4O4S. The summed E-state index contributed by atoms with van der Waals surface area (Å²) in [5.74, 6) is 0.696. The summed E-state index contributed by atoms with van der Waals surface area (Å²) < 4.78 is 32.0. The smallest absolute Gasteiger partial charge is 0.319 e. The first-order chi connectivity index (χ1) is 16.9. The predicted octanol–water partition coefficient (Wildman–Crippen LogP) is 4.24. The molecule has 0 saturated heterocycles. The standard InChI is InChI=1S/C26H26N4O4S/c1-34-24-13-9-20(10-14-24)17-30-18-22(16-28-30)15-27-26(31)29-23-11-7-21(8-12-23)19-35(32,33)25-5-3-2-4-6-25/h2-14,16,18H,15,17,19H2,1H3,(H2,27,29,31). The average Bonchev–Trinajstić information content (AvgIpc) is 3.32. The number of rotatable bonds is 9. The lowest BCUT2D eigenvalue weighted by molar-refractivity contribution is 0.251. The van der Waals surface area contributed by atoms with Gasteiger partial charge in [-0.25, -0.2) is 13.2 Å². The second kappa shape index (κ2) is 10.9. The molecule has 0 aliphatic heterocycles. The van der Waals surface area contributed by atoms with E-state index in [2.05, 4.69) is 15.7 Å². The van der Waals surface area contributed by atoms with Crippen LogP contribution in [0.5, 0.6) is 5.75 Å². The number of benzene rings is 3. The number of urea groups is 1. The van der Waals surface area contributed by atoms with Gasteiger partial charge in [-0.2, -0.15) is 5.10 Å². The molecule has 0 unspecified atom stereocenters. The van der Waals surface area contributed by atoms with Crippen LogP contribution in [-0.2, 0) is 28.7 Å². The maximum Gasteiger partial charge on any atom is 0.319 e. The zero-order chi connectivity index (χ0) is 24.7. The van der Waals surface area contributed by atoms with E-state index in [9.17, 15) is 13.2 Å². The lowest BCUT2D eigenvalue weighted by Crippen LogP contribution is -2.28. The summed E-state index contributed by atoms with van der Waals surface area (Å²) in [6, 6.07) is 22.5. The van der Waals surface area contributed by atoms with Crippen LogP contribution >= 0.6 is 0 Å². The van der Waals surface area contributed by atoms with E-state index in [1.165, 1.54) is 0 Å². The number of carbonyl (C=O) groups is 1. The van der Waals surface area contributed by atoms with Crippen molar-refractivity contribution in [3.63, 3.8) is 0 Å². The minimum atomic E-state index is -3.42. The van der Waals surface area contributed by atoms with E-state index >= 15 is 0 Å². The van der Waals surface area contributed by atoms with Crippen LogP contribution in [0.2, 0.25) is 0 Å². The highest BCUT2D eigenvalue weighted by Gasteiger charge is 2.15. The largest absolute Gasteiger partial charge is 0.497 e. The van der Waals surface area contributed by atoms with Gasteiger partial charge in [0.2, 0.25) is 0 Å². The quantitative estimate of drug-likeness (QED) is 0.365. The zero-order valence-corrected chi connectivity index (χ0v) is 20.0. The summed E-state index contributed by atoms with van der Waals surface area (Å²) in [6.45, 7) is 0.935. The molecule has 4 aromatic rings. The Morgan fingerprint density at radius 3 is 2.29 bits per heavy atom. The number of ether oxygens (including phenoxy) is 1. The van der Waals surface area contributed by atoms with Gasteiger partial charge >= 0.3 is 6.03 Å². The molecule has 1 aromatic heterocycles. The van der Waals surface area contributed by atoms with Crippen LogP contribution in [-0.4, -0.2) is 31.3 Å². The van der Waals surface area contributed by atoms with Gasteiger partial charge in [-0.1, -0.05) is 42.5 Å². The maximum absolute atomic E-state index is 12.5.